The average Bonchev–Trinajstić information content (AvgIpc) is 2.85. The Kier molecular flexibility index (Phi) is 5.16. The molecule has 1 N–H and O–H groups in total. The Hall–Kier alpha value is -2.40. The number of nitrogens with one attached hydrogen (secondary N) is 1. The highest BCUT2D eigenvalue weighted by atomic mass is 15.3. The molecule has 1 aliphatic heterocycles. The van der Waals surface area contributed by atoms with Gasteiger partial charge in [-0.15, -0.1) is 0 Å². The Morgan fingerprint density at radius 3 is 2.46 bits per heavy atom. The van der Waals surface area contributed by atoms with Crippen LogP contribution in [0.1, 0.15) is 36.9 Å². The summed E-state index contributed by atoms with van der Waals surface area (Å²) in [5, 5.41) is 9.34. The average molecular weight is 349 g/mol. The van der Waals surface area contributed by atoms with Gasteiger partial charge < -0.3 is 10.2 Å². The zero-order chi connectivity index (χ0) is 17.8. The lowest BCUT2D eigenvalue weighted by atomic mass is 10.2. The number of nitrogens with zero attached hydrogens (tertiary/aromatic N) is 4. The van der Waals surface area contributed by atoms with E-state index in [0.717, 1.165) is 48.7 Å². The first-order chi connectivity index (χ1) is 12.8. The van der Waals surface area contributed by atoms with Crippen LogP contribution in [0.4, 0.5) is 5.82 Å². The molecule has 0 saturated carbocycles. The second-order valence-corrected chi connectivity index (χ2v) is 7.10. The number of anilines is 1. The fourth-order valence-electron chi connectivity index (χ4n) is 3.72. The van der Waals surface area contributed by atoms with Crippen molar-refractivity contribution in [1.29, 1.82) is 0 Å². The molecule has 1 aromatic carbocycles. The van der Waals surface area contributed by atoms with Crippen LogP contribution in [0.2, 0.25) is 0 Å². The van der Waals surface area contributed by atoms with Crippen LogP contribution < -0.4 is 10.2 Å². The van der Waals surface area contributed by atoms with Gasteiger partial charge in [-0.05, 0) is 30.5 Å². The van der Waals surface area contributed by atoms with E-state index in [9.17, 15) is 0 Å². The van der Waals surface area contributed by atoms with Gasteiger partial charge in [0.15, 0.2) is 5.65 Å². The van der Waals surface area contributed by atoms with Gasteiger partial charge in [-0.3, -0.25) is 4.68 Å². The molecule has 3 aromatic rings. The van der Waals surface area contributed by atoms with Crippen molar-refractivity contribution in [2.75, 3.05) is 18.0 Å². The molecule has 4 rings (SSSR count). The van der Waals surface area contributed by atoms with E-state index < -0.39 is 0 Å². The molecule has 1 saturated heterocycles. The molecule has 0 aliphatic carbocycles. The molecule has 0 spiro atoms. The molecular formula is C21H27N5. The van der Waals surface area contributed by atoms with E-state index in [1.165, 1.54) is 31.2 Å². The number of aryl methyl sites for hydroxylation is 1. The molecule has 26 heavy (non-hydrogen) atoms. The molecule has 1 fully saturated rings. The van der Waals surface area contributed by atoms with Crippen molar-refractivity contribution < 1.29 is 0 Å². The summed E-state index contributed by atoms with van der Waals surface area (Å²) >= 11 is 0. The van der Waals surface area contributed by atoms with Crippen LogP contribution in [0.3, 0.4) is 0 Å². The highest BCUT2D eigenvalue weighted by Crippen LogP contribution is 2.23. The Balaban J connectivity index is 1.50. The van der Waals surface area contributed by atoms with E-state index >= 15 is 0 Å². The fraction of sp³-hybridized carbons (Fsp3) is 0.429. The first-order valence-corrected chi connectivity index (χ1v) is 9.63. The molecule has 0 atom stereocenters. The summed E-state index contributed by atoms with van der Waals surface area (Å²) < 4.78 is 1.91. The van der Waals surface area contributed by atoms with Gasteiger partial charge in [0.25, 0.3) is 0 Å². The summed E-state index contributed by atoms with van der Waals surface area (Å²) in [6.07, 6.45) is 5.20. The van der Waals surface area contributed by atoms with Gasteiger partial charge in [0.1, 0.15) is 5.82 Å². The second-order valence-electron chi connectivity index (χ2n) is 7.10. The summed E-state index contributed by atoms with van der Waals surface area (Å²) in [7, 11) is 1.99. The van der Waals surface area contributed by atoms with E-state index in [2.05, 4.69) is 46.6 Å². The lowest BCUT2D eigenvalue weighted by Gasteiger charge is -2.21. The van der Waals surface area contributed by atoms with Gasteiger partial charge >= 0.3 is 0 Å². The predicted octanol–water partition coefficient (Wildman–Crippen LogP) is 3.64. The Labute approximate surface area is 155 Å². The third kappa shape index (κ3) is 3.73. The van der Waals surface area contributed by atoms with Crippen LogP contribution in [-0.2, 0) is 20.1 Å². The van der Waals surface area contributed by atoms with Crippen molar-refractivity contribution in [2.24, 2.45) is 7.05 Å². The predicted molar refractivity (Wildman–Crippen MR) is 106 cm³/mol. The summed E-state index contributed by atoms with van der Waals surface area (Å²) in [6, 6.07) is 14.8. The van der Waals surface area contributed by atoms with Gasteiger partial charge in [-0.25, -0.2) is 4.98 Å². The number of fused-ring (bicyclic) bond motifs is 1. The van der Waals surface area contributed by atoms with Crippen molar-refractivity contribution >= 4 is 16.9 Å². The summed E-state index contributed by atoms with van der Waals surface area (Å²) in [5.74, 6) is 1.09. The number of benzene rings is 1. The van der Waals surface area contributed by atoms with Gasteiger partial charge in [0, 0.05) is 38.6 Å². The maximum atomic E-state index is 4.93. The van der Waals surface area contributed by atoms with E-state index in [1.807, 2.05) is 17.8 Å². The molecule has 5 heteroatoms. The van der Waals surface area contributed by atoms with Gasteiger partial charge in [0.05, 0.1) is 5.69 Å². The smallest absolute Gasteiger partial charge is 0.160 e. The van der Waals surface area contributed by atoms with E-state index in [1.54, 1.807) is 0 Å². The molecule has 0 bridgehead atoms. The van der Waals surface area contributed by atoms with Gasteiger partial charge in [-0.2, -0.15) is 5.10 Å². The minimum absolute atomic E-state index is 0.747. The Bertz CT molecular complexity index is 847. The monoisotopic (exact) mass is 349 g/mol. The number of aromatic nitrogens is 3. The Morgan fingerprint density at radius 1 is 0.923 bits per heavy atom. The molecule has 5 nitrogen and oxygen atoms in total. The minimum atomic E-state index is 0.747. The van der Waals surface area contributed by atoms with E-state index in [0.29, 0.717) is 0 Å². The summed E-state index contributed by atoms with van der Waals surface area (Å²) in [4.78, 5) is 7.35. The molecule has 0 unspecified atom stereocenters. The van der Waals surface area contributed by atoms with Crippen LogP contribution in [0.15, 0.2) is 42.5 Å². The summed E-state index contributed by atoms with van der Waals surface area (Å²) in [5.41, 5.74) is 3.32. The number of rotatable bonds is 5. The van der Waals surface area contributed by atoms with Crippen LogP contribution in [-0.4, -0.2) is 27.9 Å². The van der Waals surface area contributed by atoms with Crippen molar-refractivity contribution in [3.63, 3.8) is 0 Å². The lowest BCUT2D eigenvalue weighted by Crippen LogP contribution is -2.24. The topological polar surface area (TPSA) is 46.0 Å². The van der Waals surface area contributed by atoms with Crippen molar-refractivity contribution in [3.05, 3.63) is 53.7 Å². The van der Waals surface area contributed by atoms with Gasteiger partial charge in [0.2, 0.25) is 0 Å². The van der Waals surface area contributed by atoms with Crippen molar-refractivity contribution in [3.8, 4) is 0 Å². The standard InChI is InChI=1S/C21H27N5/c1-25-21-18(11-12-20(23-21)26-13-7-2-3-8-14-26)19(24-25)16-22-15-17-9-5-4-6-10-17/h4-6,9-12,22H,2-3,7-8,13-16H2,1H3. The van der Waals surface area contributed by atoms with Crippen LogP contribution in [0.25, 0.3) is 11.0 Å². The maximum absolute atomic E-state index is 4.93. The SMILES string of the molecule is Cn1nc(CNCc2ccccc2)c2ccc(N3CCCCCC3)nc21. The normalized spacial score (nSPS) is 15.3. The number of pyridine rings is 1. The first-order valence-electron chi connectivity index (χ1n) is 9.63. The third-order valence-electron chi connectivity index (χ3n) is 5.14. The van der Waals surface area contributed by atoms with Crippen LogP contribution in [0, 0.1) is 0 Å². The van der Waals surface area contributed by atoms with E-state index in [4.69, 9.17) is 10.1 Å². The fourth-order valence-corrected chi connectivity index (χ4v) is 3.72. The van der Waals surface area contributed by atoms with E-state index in [-0.39, 0.29) is 0 Å². The molecule has 1 aliphatic rings. The first kappa shape index (κ1) is 17.0. The molecular weight excluding hydrogens is 322 g/mol. The second kappa shape index (κ2) is 7.87. The third-order valence-corrected chi connectivity index (χ3v) is 5.14. The molecule has 2 aromatic heterocycles. The Morgan fingerprint density at radius 2 is 1.69 bits per heavy atom. The molecule has 0 radical (unpaired) electrons. The molecule has 136 valence electrons. The van der Waals surface area contributed by atoms with Gasteiger partial charge in [-0.1, -0.05) is 43.2 Å². The zero-order valence-electron chi connectivity index (χ0n) is 15.5. The van der Waals surface area contributed by atoms with Crippen molar-refractivity contribution in [1.82, 2.24) is 20.1 Å². The van der Waals surface area contributed by atoms with Crippen LogP contribution in [0.5, 0.6) is 0 Å². The molecule has 0 amide bonds. The maximum Gasteiger partial charge on any atom is 0.160 e. The quantitative estimate of drug-likeness (QED) is 0.764. The zero-order valence-corrected chi connectivity index (χ0v) is 15.5. The summed E-state index contributed by atoms with van der Waals surface area (Å²) in [6.45, 7) is 3.82. The van der Waals surface area contributed by atoms with Crippen molar-refractivity contribution in [2.45, 2.75) is 38.8 Å². The largest absolute Gasteiger partial charge is 0.357 e. The highest BCUT2D eigenvalue weighted by Gasteiger charge is 2.15. The lowest BCUT2D eigenvalue weighted by molar-refractivity contribution is 0.661. The molecule has 3 heterocycles. The van der Waals surface area contributed by atoms with Crippen LogP contribution >= 0.6 is 0 Å². The minimum Gasteiger partial charge on any atom is -0.357 e. The highest BCUT2D eigenvalue weighted by molar-refractivity contribution is 5.80. The number of hydrogen-bond donors (Lipinski definition) is 1. The number of hydrogen-bond acceptors (Lipinski definition) is 4.